The summed E-state index contributed by atoms with van der Waals surface area (Å²) in [5, 5.41) is 13.5. The third kappa shape index (κ3) is 2.83. The van der Waals surface area contributed by atoms with Crippen LogP contribution in [0.1, 0.15) is 6.92 Å². The van der Waals surface area contributed by atoms with E-state index in [1.54, 1.807) is 6.07 Å². The van der Waals surface area contributed by atoms with Crippen LogP contribution >= 0.6 is 15.9 Å². The van der Waals surface area contributed by atoms with Gasteiger partial charge in [-0.2, -0.15) is 0 Å². The molecule has 0 spiro atoms. The van der Waals surface area contributed by atoms with Gasteiger partial charge in [-0.25, -0.2) is 4.98 Å². The van der Waals surface area contributed by atoms with Gasteiger partial charge in [-0.05, 0) is 48.7 Å². The topological polar surface area (TPSA) is 42.4 Å². The molecule has 0 radical (unpaired) electrons. The van der Waals surface area contributed by atoms with Crippen molar-refractivity contribution < 1.29 is 9.84 Å². The quantitative estimate of drug-likeness (QED) is 0.439. The van der Waals surface area contributed by atoms with E-state index >= 15 is 0 Å². The molecule has 0 saturated heterocycles. The second kappa shape index (κ2) is 6.37. The van der Waals surface area contributed by atoms with E-state index in [0.29, 0.717) is 12.2 Å². The molecule has 3 nitrogen and oxygen atoms in total. The minimum atomic E-state index is 0.214. The smallest absolute Gasteiger partial charge is 0.125 e. The lowest BCUT2D eigenvalue weighted by Crippen LogP contribution is -1.93. The lowest BCUT2D eigenvalue weighted by atomic mass is 9.99. The number of phenolic OH excluding ortho intramolecular Hbond substituents is 1. The first-order valence-corrected chi connectivity index (χ1v) is 8.91. The molecule has 0 atom stereocenters. The highest BCUT2D eigenvalue weighted by molar-refractivity contribution is 9.10. The van der Waals surface area contributed by atoms with Crippen molar-refractivity contribution in [2.75, 3.05) is 6.61 Å². The van der Waals surface area contributed by atoms with Gasteiger partial charge in [0.15, 0.2) is 0 Å². The van der Waals surface area contributed by atoms with Crippen LogP contribution in [0.4, 0.5) is 0 Å². The van der Waals surface area contributed by atoms with Gasteiger partial charge >= 0.3 is 0 Å². The van der Waals surface area contributed by atoms with E-state index in [2.05, 4.69) is 22.0 Å². The number of halogens is 1. The summed E-state index contributed by atoms with van der Waals surface area (Å²) in [6, 6.07) is 19.4. The molecule has 25 heavy (non-hydrogen) atoms. The summed E-state index contributed by atoms with van der Waals surface area (Å²) in [6.45, 7) is 2.60. The molecule has 1 aromatic heterocycles. The molecule has 0 bridgehead atoms. The van der Waals surface area contributed by atoms with Crippen LogP contribution in [0.15, 0.2) is 65.1 Å². The average molecular weight is 394 g/mol. The van der Waals surface area contributed by atoms with Crippen LogP contribution in [-0.4, -0.2) is 16.7 Å². The minimum Gasteiger partial charge on any atom is -0.507 e. The van der Waals surface area contributed by atoms with Gasteiger partial charge in [-0.1, -0.05) is 40.2 Å². The molecule has 1 N–H and O–H groups in total. The van der Waals surface area contributed by atoms with Crippen molar-refractivity contribution in [2.45, 2.75) is 6.92 Å². The first-order chi connectivity index (χ1) is 12.2. The molecule has 4 aromatic rings. The summed E-state index contributed by atoms with van der Waals surface area (Å²) in [6.07, 6.45) is 0. The largest absolute Gasteiger partial charge is 0.507 e. The van der Waals surface area contributed by atoms with E-state index in [9.17, 15) is 5.11 Å². The minimum absolute atomic E-state index is 0.214. The predicted octanol–water partition coefficient (Wildman–Crippen LogP) is 5.92. The number of aromatic nitrogens is 1. The number of nitrogens with zero attached hydrogens (tertiary/aromatic N) is 1. The van der Waals surface area contributed by atoms with E-state index in [1.165, 1.54) is 0 Å². The fourth-order valence-corrected chi connectivity index (χ4v) is 3.45. The highest BCUT2D eigenvalue weighted by atomic mass is 79.9. The highest BCUT2D eigenvalue weighted by Gasteiger charge is 2.14. The van der Waals surface area contributed by atoms with Crippen LogP contribution in [0.5, 0.6) is 11.5 Å². The number of ether oxygens (including phenoxy) is 1. The van der Waals surface area contributed by atoms with E-state index in [-0.39, 0.29) is 5.75 Å². The summed E-state index contributed by atoms with van der Waals surface area (Å²) in [7, 11) is 0. The Morgan fingerprint density at radius 3 is 2.56 bits per heavy atom. The Balaban J connectivity index is 2.08. The Labute approximate surface area is 154 Å². The second-order valence-corrected chi connectivity index (χ2v) is 6.70. The molecule has 0 aliphatic carbocycles. The molecule has 0 aliphatic rings. The SMILES string of the molecule is CCOc1ccc2nc(-c3cc(Br)ccc3O)c3ccccc3c2c1. The summed E-state index contributed by atoms with van der Waals surface area (Å²) in [4.78, 5) is 4.84. The molecule has 0 amide bonds. The molecule has 124 valence electrons. The van der Waals surface area contributed by atoms with E-state index < -0.39 is 0 Å². The Hall–Kier alpha value is -2.59. The van der Waals surface area contributed by atoms with Crippen molar-refractivity contribution in [1.82, 2.24) is 4.98 Å². The third-order valence-corrected chi connectivity index (χ3v) is 4.69. The van der Waals surface area contributed by atoms with Crippen molar-refractivity contribution in [2.24, 2.45) is 0 Å². The van der Waals surface area contributed by atoms with Crippen molar-refractivity contribution >= 4 is 37.6 Å². The lowest BCUT2D eigenvalue weighted by molar-refractivity contribution is 0.341. The second-order valence-electron chi connectivity index (χ2n) is 5.78. The van der Waals surface area contributed by atoms with Gasteiger partial charge < -0.3 is 9.84 Å². The summed E-state index contributed by atoms with van der Waals surface area (Å²) in [5.74, 6) is 1.05. The standard InChI is InChI=1S/C21H16BrNO2/c1-2-25-14-8-9-19-17(12-14)15-5-3-4-6-16(15)21(23-19)18-11-13(22)7-10-20(18)24/h3-12,24H,2H2,1H3. The number of benzene rings is 3. The molecule has 4 rings (SSSR count). The molecule has 0 saturated carbocycles. The molecule has 0 aliphatic heterocycles. The average Bonchev–Trinajstić information content (AvgIpc) is 2.63. The number of fused-ring (bicyclic) bond motifs is 3. The third-order valence-electron chi connectivity index (χ3n) is 4.20. The Morgan fingerprint density at radius 1 is 0.960 bits per heavy atom. The van der Waals surface area contributed by atoms with Gasteiger partial charge in [-0.15, -0.1) is 0 Å². The van der Waals surface area contributed by atoms with Crippen LogP contribution in [0, 0.1) is 0 Å². The van der Waals surface area contributed by atoms with Crippen LogP contribution in [0.25, 0.3) is 32.9 Å². The Bertz CT molecular complexity index is 1090. The van der Waals surface area contributed by atoms with E-state index in [1.807, 2.05) is 55.5 Å². The first-order valence-electron chi connectivity index (χ1n) is 8.11. The highest BCUT2D eigenvalue weighted by Crippen LogP contribution is 2.38. The van der Waals surface area contributed by atoms with Crippen molar-refractivity contribution in [3.63, 3.8) is 0 Å². The predicted molar refractivity (Wildman–Crippen MR) is 105 cm³/mol. The lowest BCUT2D eigenvalue weighted by Gasteiger charge is -2.12. The molecule has 4 heteroatoms. The molecule has 3 aromatic carbocycles. The van der Waals surface area contributed by atoms with Gasteiger partial charge in [0.25, 0.3) is 0 Å². The number of aromatic hydroxyl groups is 1. The number of rotatable bonds is 3. The molecule has 0 fully saturated rings. The maximum atomic E-state index is 10.4. The maximum Gasteiger partial charge on any atom is 0.125 e. The van der Waals surface area contributed by atoms with Crippen molar-refractivity contribution in [3.05, 3.63) is 65.1 Å². The van der Waals surface area contributed by atoms with Gasteiger partial charge in [0.2, 0.25) is 0 Å². The van der Waals surface area contributed by atoms with Crippen molar-refractivity contribution in [1.29, 1.82) is 0 Å². The number of hydrogen-bond acceptors (Lipinski definition) is 3. The van der Waals surface area contributed by atoms with Crippen LogP contribution in [0.2, 0.25) is 0 Å². The summed E-state index contributed by atoms with van der Waals surface area (Å²) < 4.78 is 6.54. The molecular weight excluding hydrogens is 378 g/mol. The monoisotopic (exact) mass is 393 g/mol. The van der Waals surface area contributed by atoms with Gasteiger partial charge in [0, 0.05) is 20.8 Å². The number of phenols is 1. The molecule has 1 heterocycles. The zero-order chi connectivity index (χ0) is 17.4. The van der Waals surface area contributed by atoms with Crippen molar-refractivity contribution in [3.8, 4) is 22.8 Å². The summed E-state index contributed by atoms with van der Waals surface area (Å²) >= 11 is 3.48. The number of pyridine rings is 1. The van der Waals surface area contributed by atoms with Gasteiger partial charge in [-0.3, -0.25) is 0 Å². The zero-order valence-electron chi connectivity index (χ0n) is 13.7. The van der Waals surface area contributed by atoms with E-state index in [4.69, 9.17) is 9.72 Å². The number of hydrogen-bond donors (Lipinski definition) is 1. The molecular formula is C21H16BrNO2. The van der Waals surface area contributed by atoms with Crippen LogP contribution in [-0.2, 0) is 0 Å². The fourth-order valence-electron chi connectivity index (χ4n) is 3.09. The normalized spacial score (nSPS) is 11.1. The Kier molecular flexibility index (Phi) is 4.06. The molecule has 0 unspecified atom stereocenters. The van der Waals surface area contributed by atoms with Crippen LogP contribution in [0.3, 0.4) is 0 Å². The maximum absolute atomic E-state index is 10.4. The van der Waals surface area contributed by atoms with E-state index in [0.717, 1.165) is 37.6 Å². The fraction of sp³-hybridized carbons (Fsp3) is 0.0952. The first kappa shape index (κ1) is 15.9. The Morgan fingerprint density at radius 2 is 1.76 bits per heavy atom. The summed E-state index contributed by atoms with van der Waals surface area (Å²) in [5.41, 5.74) is 2.35. The van der Waals surface area contributed by atoms with Gasteiger partial charge in [0.1, 0.15) is 11.5 Å². The van der Waals surface area contributed by atoms with Crippen LogP contribution < -0.4 is 4.74 Å². The zero-order valence-corrected chi connectivity index (χ0v) is 15.2. The van der Waals surface area contributed by atoms with Gasteiger partial charge in [0.05, 0.1) is 17.8 Å².